The summed E-state index contributed by atoms with van der Waals surface area (Å²) in [6.07, 6.45) is 4.72. The first kappa shape index (κ1) is 23.1. The Morgan fingerprint density at radius 3 is 2.31 bits per heavy atom. The Bertz CT molecular complexity index is 1090. The number of carbonyl (C=O) groups excluding carboxylic acids is 1. The highest BCUT2D eigenvalue weighted by Gasteiger charge is 2.18. The van der Waals surface area contributed by atoms with E-state index in [4.69, 9.17) is 9.72 Å². The minimum Gasteiger partial charge on any atom is -0.491 e. The van der Waals surface area contributed by atoms with E-state index in [-0.39, 0.29) is 12.0 Å². The van der Waals surface area contributed by atoms with Gasteiger partial charge in [-0.05, 0) is 37.0 Å². The third-order valence-corrected chi connectivity index (χ3v) is 5.04. The van der Waals surface area contributed by atoms with Gasteiger partial charge in [0.05, 0.1) is 24.2 Å². The number of aromatic nitrogens is 2. The van der Waals surface area contributed by atoms with Gasteiger partial charge in [0.1, 0.15) is 0 Å². The quantitative estimate of drug-likeness (QED) is 0.402. The van der Waals surface area contributed by atoms with E-state index in [2.05, 4.69) is 17.1 Å². The Hall–Kier alpha value is -3.55. The summed E-state index contributed by atoms with van der Waals surface area (Å²) in [5.74, 6) is -2.80. The fourth-order valence-corrected chi connectivity index (χ4v) is 3.33. The Morgan fingerprint density at radius 1 is 1.03 bits per heavy atom. The lowest BCUT2D eigenvalue weighted by atomic mass is 10.0. The topological polar surface area (TPSA) is 81.5 Å². The van der Waals surface area contributed by atoms with Crippen LogP contribution in [0.1, 0.15) is 37.4 Å². The molecule has 0 atom stereocenters. The molecule has 0 aliphatic carbocycles. The van der Waals surface area contributed by atoms with Gasteiger partial charge in [-0.15, -0.1) is 4.91 Å². The molecule has 0 saturated carbocycles. The highest BCUT2D eigenvalue weighted by Crippen LogP contribution is 2.33. The predicted molar refractivity (Wildman–Crippen MR) is 117 cm³/mol. The van der Waals surface area contributed by atoms with Crippen molar-refractivity contribution in [3.05, 3.63) is 70.4 Å². The van der Waals surface area contributed by atoms with Crippen molar-refractivity contribution < 1.29 is 18.3 Å². The molecule has 1 amide bonds. The second kappa shape index (κ2) is 10.7. The lowest BCUT2D eigenvalue weighted by molar-refractivity contribution is -0.117. The van der Waals surface area contributed by atoms with Gasteiger partial charge >= 0.3 is 0 Å². The van der Waals surface area contributed by atoms with E-state index in [0.29, 0.717) is 23.4 Å². The third-order valence-electron chi connectivity index (χ3n) is 5.04. The molecule has 0 radical (unpaired) electrons. The van der Waals surface area contributed by atoms with Crippen molar-refractivity contribution in [3.63, 3.8) is 0 Å². The number of nitroso groups, excluding NO2 is 1. The van der Waals surface area contributed by atoms with E-state index in [1.165, 1.54) is 19.2 Å². The number of hydrogen-bond acceptors (Lipinski definition) is 5. The number of amides is 1. The molecule has 0 aliphatic rings. The number of benzene rings is 2. The van der Waals surface area contributed by atoms with Crippen molar-refractivity contribution in [1.82, 2.24) is 9.97 Å². The number of aryl methyl sites for hydroxylation is 2. The molecule has 2 aromatic carbocycles. The molecule has 0 aliphatic heterocycles. The molecule has 1 aromatic heterocycles. The number of carbonyl (C=O) groups is 1. The molecule has 8 heteroatoms. The molecule has 6 nitrogen and oxygen atoms in total. The van der Waals surface area contributed by atoms with E-state index < -0.39 is 23.3 Å². The fraction of sp³-hybridized carbons (Fsp3) is 0.292. The maximum atomic E-state index is 14.3. The van der Waals surface area contributed by atoms with Crippen LogP contribution in [0.15, 0.2) is 47.8 Å². The van der Waals surface area contributed by atoms with Gasteiger partial charge in [0, 0.05) is 28.9 Å². The molecule has 0 saturated heterocycles. The summed E-state index contributed by atoms with van der Waals surface area (Å²) < 4.78 is 33.4. The zero-order valence-corrected chi connectivity index (χ0v) is 17.9. The average Bonchev–Trinajstić information content (AvgIpc) is 2.81. The molecular formula is C24H23F2N3O3. The summed E-state index contributed by atoms with van der Waals surface area (Å²) in [6.45, 7) is 2.08. The van der Waals surface area contributed by atoms with Crippen molar-refractivity contribution >= 4 is 5.91 Å². The molecule has 0 spiro atoms. The van der Waals surface area contributed by atoms with Crippen LogP contribution in [-0.2, 0) is 17.6 Å². The maximum Gasteiger partial charge on any atom is 0.286 e. The van der Waals surface area contributed by atoms with Gasteiger partial charge in [-0.1, -0.05) is 37.6 Å². The second-order valence-corrected chi connectivity index (χ2v) is 7.32. The van der Waals surface area contributed by atoms with Gasteiger partial charge < -0.3 is 4.74 Å². The van der Waals surface area contributed by atoms with E-state index in [1.54, 1.807) is 6.20 Å². The molecule has 0 fully saturated rings. The van der Waals surface area contributed by atoms with E-state index in [0.717, 1.165) is 30.5 Å². The summed E-state index contributed by atoms with van der Waals surface area (Å²) in [6, 6.07) is 9.59. The summed E-state index contributed by atoms with van der Waals surface area (Å²) in [5.41, 5.74) is 3.44. The number of halogens is 2. The standard InChI is InChI=1S/C24H23F2N3O3/c1-3-4-5-18-14-27-22(17-12-19(25)24(32-2)20(26)13-17)23(28-18)16-9-6-15(7-10-16)8-11-21(30)29-31/h6-7,9-10,12-14H,3-5,8,11H2,1-2H3. The van der Waals surface area contributed by atoms with Gasteiger partial charge in [-0.2, -0.15) is 0 Å². The molecule has 0 bridgehead atoms. The molecule has 3 aromatic rings. The summed E-state index contributed by atoms with van der Waals surface area (Å²) in [5, 5.41) is 2.40. The van der Waals surface area contributed by atoms with Crippen LogP contribution in [0.3, 0.4) is 0 Å². The highest BCUT2D eigenvalue weighted by atomic mass is 19.1. The number of hydrogen-bond donors (Lipinski definition) is 0. The number of rotatable bonds is 9. The van der Waals surface area contributed by atoms with Crippen molar-refractivity contribution in [3.8, 4) is 28.3 Å². The molecule has 3 rings (SSSR count). The lowest BCUT2D eigenvalue weighted by Gasteiger charge is -2.13. The maximum absolute atomic E-state index is 14.3. The van der Waals surface area contributed by atoms with E-state index >= 15 is 0 Å². The largest absolute Gasteiger partial charge is 0.491 e. The Kier molecular flexibility index (Phi) is 7.70. The monoisotopic (exact) mass is 439 g/mol. The molecule has 0 N–H and O–H groups in total. The smallest absolute Gasteiger partial charge is 0.286 e. The second-order valence-electron chi connectivity index (χ2n) is 7.32. The normalized spacial score (nSPS) is 10.8. The molecule has 166 valence electrons. The van der Waals surface area contributed by atoms with Crippen molar-refractivity contribution in [2.75, 3.05) is 7.11 Å². The van der Waals surface area contributed by atoms with Crippen LogP contribution in [0.5, 0.6) is 5.75 Å². The number of unbranched alkanes of at least 4 members (excludes halogenated alkanes) is 1. The predicted octanol–water partition coefficient (Wildman–Crippen LogP) is 5.67. The van der Waals surface area contributed by atoms with Crippen LogP contribution in [-0.4, -0.2) is 23.0 Å². The molecule has 1 heterocycles. The lowest BCUT2D eigenvalue weighted by Crippen LogP contribution is -2.01. The zero-order chi connectivity index (χ0) is 23.1. The summed E-state index contributed by atoms with van der Waals surface area (Å²) in [7, 11) is 1.20. The first-order chi connectivity index (χ1) is 15.5. The van der Waals surface area contributed by atoms with Crippen LogP contribution in [0.25, 0.3) is 22.5 Å². The Morgan fingerprint density at radius 2 is 1.72 bits per heavy atom. The van der Waals surface area contributed by atoms with Crippen LogP contribution in [0.4, 0.5) is 8.78 Å². The first-order valence-corrected chi connectivity index (χ1v) is 10.3. The SMILES string of the molecule is CCCCc1cnc(-c2cc(F)c(OC)c(F)c2)c(-c2ccc(CCC(=O)N=O)cc2)n1. The van der Waals surface area contributed by atoms with Crippen LogP contribution in [0.2, 0.25) is 0 Å². The average molecular weight is 439 g/mol. The number of methoxy groups -OCH3 is 1. The minimum absolute atomic E-state index is 0.0325. The van der Waals surface area contributed by atoms with Crippen molar-refractivity contribution in [2.45, 2.75) is 39.0 Å². The Balaban J connectivity index is 2.03. The van der Waals surface area contributed by atoms with Gasteiger partial charge in [-0.25, -0.2) is 13.8 Å². The summed E-state index contributed by atoms with van der Waals surface area (Å²) in [4.78, 5) is 30.6. The number of nitrogens with zero attached hydrogens (tertiary/aromatic N) is 3. The fourth-order valence-electron chi connectivity index (χ4n) is 3.33. The van der Waals surface area contributed by atoms with Crippen molar-refractivity contribution in [2.24, 2.45) is 5.18 Å². The third kappa shape index (κ3) is 5.38. The first-order valence-electron chi connectivity index (χ1n) is 10.3. The van der Waals surface area contributed by atoms with Crippen LogP contribution < -0.4 is 4.74 Å². The Labute approximate surface area is 184 Å². The van der Waals surface area contributed by atoms with Gasteiger partial charge in [0.25, 0.3) is 5.91 Å². The van der Waals surface area contributed by atoms with E-state index in [9.17, 15) is 18.5 Å². The summed E-state index contributed by atoms with van der Waals surface area (Å²) >= 11 is 0. The van der Waals surface area contributed by atoms with Crippen molar-refractivity contribution in [1.29, 1.82) is 0 Å². The molecular weight excluding hydrogens is 416 g/mol. The zero-order valence-electron chi connectivity index (χ0n) is 17.9. The molecule has 32 heavy (non-hydrogen) atoms. The molecule has 0 unspecified atom stereocenters. The van der Waals surface area contributed by atoms with Gasteiger partial charge in [0.15, 0.2) is 17.4 Å². The van der Waals surface area contributed by atoms with Gasteiger partial charge in [-0.3, -0.25) is 9.78 Å². The van der Waals surface area contributed by atoms with Crippen LogP contribution in [0, 0.1) is 16.5 Å². The highest BCUT2D eigenvalue weighted by molar-refractivity contribution is 5.79. The minimum atomic E-state index is -0.825. The van der Waals surface area contributed by atoms with Crippen LogP contribution >= 0.6 is 0 Å². The van der Waals surface area contributed by atoms with Gasteiger partial charge in [0.2, 0.25) is 0 Å². The number of ether oxygens (including phenoxy) is 1. The van der Waals surface area contributed by atoms with E-state index in [1.807, 2.05) is 24.3 Å².